The van der Waals surface area contributed by atoms with Crippen LogP contribution in [0.1, 0.15) is 12.8 Å². The van der Waals surface area contributed by atoms with Crippen LogP contribution in [0.15, 0.2) is 0 Å². The van der Waals surface area contributed by atoms with Crippen molar-refractivity contribution in [3.63, 3.8) is 0 Å². The lowest BCUT2D eigenvalue weighted by molar-refractivity contribution is -0.120. The summed E-state index contributed by atoms with van der Waals surface area (Å²) in [6.45, 7) is 0.0576. The monoisotopic (exact) mass is 281 g/mol. The Hall–Kier alpha value is -0.710. The first kappa shape index (κ1) is 15.3. The maximum atomic E-state index is 13.8. The fourth-order valence-corrected chi connectivity index (χ4v) is 2.29. The van der Waals surface area contributed by atoms with Crippen LogP contribution in [0.5, 0.6) is 0 Å². The Labute approximate surface area is 106 Å². The van der Waals surface area contributed by atoms with Crippen LogP contribution in [0, 0.1) is 18.3 Å². The Morgan fingerprint density at radius 1 is 1.56 bits per heavy atom. The van der Waals surface area contributed by atoms with E-state index in [2.05, 4.69) is 10.1 Å². The Balaban J connectivity index is 2.52. The summed E-state index contributed by atoms with van der Waals surface area (Å²) in [4.78, 5) is 1.59. The standard InChI is InChI=1S/C11H17F2NO3S/c1-3-4-6-14-7-5-10(11(12,13)9-14)8-17-18(2,15)16/h1,10H,4-9H2,2H3. The van der Waals surface area contributed by atoms with Crippen molar-refractivity contribution in [3.05, 3.63) is 0 Å². The van der Waals surface area contributed by atoms with Gasteiger partial charge in [0.1, 0.15) is 0 Å². The SMILES string of the molecule is C#CCCN1CCC(COS(C)(=O)=O)C(F)(F)C1. The van der Waals surface area contributed by atoms with Gasteiger partial charge >= 0.3 is 0 Å². The van der Waals surface area contributed by atoms with Crippen LogP contribution in [0.3, 0.4) is 0 Å². The van der Waals surface area contributed by atoms with Crippen molar-refractivity contribution in [2.45, 2.75) is 18.8 Å². The Morgan fingerprint density at radius 3 is 2.72 bits per heavy atom. The summed E-state index contributed by atoms with van der Waals surface area (Å²) >= 11 is 0. The molecule has 1 rings (SSSR count). The molecule has 0 aromatic carbocycles. The number of nitrogens with zero attached hydrogens (tertiary/aromatic N) is 1. The number of piperidine rings is 1. The van der Waals surface area contributed by atoms with Crippen LogP contribution in [0.25, 0.3) is 0 Å². The topological polar surface area (TPSA) is 46.6 Å². The fourth-order valence-electron chi connectivity index (χ4n) is 1.88. The first-order chi connectivity index (χ1) is 8.24. The molecule has 104 valence electrons. The van der Waals surface area contributed by atoms with E-state index < -0.39 is 35.1 Å². The molecule has 0 aliphatic carbocycles. The second-order valence-electron chi connectivity index (χ2n) is 4.47. The average Bonchev–Trinajstić information content (AvgIpc) is 2.22. The van der Waals surface area contributed by atoms with Gasteiger partial charge in [-0.25, -0.2) is 8.78 Å². The highest BCUT2D eigenvalue weighted by atomic mass is 32.2. The number of halogens is 2. The van der Waals surface area contributed by atoms with Gasteiger partial charge in [0.15, 0.2) is 0 Å². The van der Waals surface area contributed by atoms with Crippen LogP contribution in [-0.4, -0.2) is 51.7 Å². The van der Waals surface area contributed by atoms with Gasteiger partial charge < -0.3 is 0 Å². The molecule has 0 aromatic rings. The zero-order valence-corrected chi connectivity index (χ0v) is 11.0. The van der Waals surface area contributed by atoms with Gasteiger partial charge in [-0.2, -0.15) is 8.42 Å². The summed E-state index contributed by atoms with van der Waals surface area (Å²) < 4.78 is 53.6. The third kappa shape index (κ3) is 4.88. The van der Waals surface area contributed by atoms with Crippen molar-refractivity contribution in [3.8, 4) is 12.3 Å². The van der Waals surface area contributed by atoms with Crippen molar-refractivity contribution in [1.82, 2.24) is 4.90 Å². The van der Waals surface area contributed by atoms with Crippen LogP contribution in [0.4, 0.5) is 8.78 Å². The lowest BCUT2D eigenvalue weighted by Crippen LogP contribution is -2.50. The molecule has 1 atom stereocenters. The minimum absolute atomic E-state index is 0.201. The number of terminal acetylenes is 1. The van der Waals surface area contributed by atoms with E-state index in [9.17, 15) is 17.2 Å². The lowest BCUT2D eigenvalue weighted by atomic mass is 9.93. The number of rotatable bonds is 5. The van der Waals surface area contributed by atoms with Gasteiger partial charge in [-0.05, 0) is 13.0 Å². The Bertz CT molecular complexity index is 416. The zero-order chi connectivity index (χ0) is 13.8. The number of hydrogen-bond donors (Lipinski definition) is 0. The van der Waals surface area contributed by atoms with Crippen LogP contribution >= 0.6 is 0 Å². The van der Waals surface area contributed by atoms with Crippen LogP contribution in [-0.2, 0) is 14.3 Å². The van der Waals surface area contributed by atoms with Gasteiger partial charge in [-0.3, -0.25) is 9.08 Å². The predicted molar refractivity (Wildman–Crippen MR) is 63.7 cm³/mol. The molecule has 0 spiro atoms. The van der Waals surface area contributed by atoms with E-state index in [-0.39, 0.29) is 6.42 Å². The van der Waals surface area contributed by atoms with Crippen molar-refractivity contribution < 1.29 is 21.4 Å². The lowest BCUT2D eigenvalue weighted by Gasteiger charge is -2.37. The van der Waals surface area contributed by atoms with Gasteiger partial charge in [0.25, 0.3) is 16.0 Å². The second-order valence-corrected chi connectivity index (χ2v) is 6.11. The summed E-state index contributed by atoms with van der Waals surface area (Å²) in [5.74, 6) is -1.60. The molecule has 1 unspecified atom stereocenters. The van der Waals surface area contributed by atoms with Crippen molar-refractivity contribution in [1.29, 1.82) is 0 Å². The molecule has 18 heavy (non-hydrogen) atoms. The molecular formula is C11H17F2NO3S. The number of likely N-dealkylation sites (tertiary alicyclic amines) is 1. The average molecular weight is 281 g/mol. The molecule has 1 aliphatic heterocycles. The van der Waals surface area contributed by atoms with Gasteiger partial charge in [-0.15, -0.1) is 12.3 Å². The summed E-state index contributed by atoms with van der Waals surface area (Å²) in [5, 5.41) is 0. The van der Waals surface area contributed by atoms with E-state index in [0.29, 0.717) is 19.5 Å². The minimum atomic E-state index is -3.67. The zero-order valence-electron chi connectivity index (χ0n) is 10.2. The molecule has 0 N–H and O–H groups in total. The maximum Gasteiger partial charge on any atom is 0.265 e. The van der Waals surface area contributed by atoms with Gasteiger partial charge in [0.2, 0.25) is 0 Å². The highest BCUT2D eigenvalue weighted by molar-refractivity contribution is 7.85. The molecule has 1 saturated heterocycles. The van der Waals surface area contributed by atoms with E-state index in [1.54, 1.807) is 4.90 Å². The second kappa shape index (κ2) is 5.95. The Kier molecular flexibility index (Phi) is 5.08. The molecule has 1 aliphatic rings. The smallest absolute Gasteiger partial charge is 0.265 e. The van der Waals surface area contributed by atoms with E-state index in [1.807, 2.05) is 0 Å². The maximum absolute atomic E-state index is 13.8. The molecular weight excluding hydrogens is 264 g/mol. The van der Waals surface area contributed by atoms with Gasteiger partial charge in [-0.1, -0.05) is 0 Å². The molecule has 0 bridgehead atoms. The van der Waals surface area contributed by atoms with Gasteiger partial charge in [0.05, 0.1) is 25.3 Å². The Morgan fingerprint density at radius 2 is 2.22 bits per heavy atom. The fraction of sp³-hybridized carbons (Fsp3) is 0.818. The molecule has 4 nitrogen and oxygen atoms in total. The van der Waals surface area contributed by atoms with Crippen molar-refractivity contribution in [2.75, 3.05) is 32.5 Å². The molecule has 0 aromatic heterocycles. The highest BCUT2D eigenvalue weighted by Gasteiger charge is 2.44. The van der Waals surface area contributed by atoms with Crippen molar-refractivity contribution in [2.24, 2.45) is 5.92 Å². The van der Waals surface area contributed by atoms with E-state index in [0.717, 1.165) is 6.26 Å². The molecule has 0 amide bonds. The molecule has 0 radical (unpaired) electrons. The van der Waals surface area contributed by atoms with Crippen LogP contribution in [0.2, 0.25) is 0 Å². The molecule has 1 fully saturated rings. The molecule has 0 saturated carbocycles. The number of hydrogen-bond acceptors (Lipinski definition) is 4. The van der Waals surface area contributed by atoms with E-state index >= 15 is 0 Å². The van der Waals surface area contributed by atoms with Gasteiger partial charge in [0, 0.05) is 13.0 Å². The minimum Gasteiger partial charge on any atom is -0.297 e. The largest absolute Gasteiger partial charge is 0.297 e. The van der Waals surface area contributed by atoms with E-state index in [1.165, 1.54) is 0 Å². The third-order valence-corrected chi connectivity index (χ3v) is 3.45. The molecule has 1 heterocycles. The van der Waals surface area contributed by atoms with Crippen LogP contribution < -0.4 is 0 Å². The summed E-state index contributed by atoms with van der Waals surface area (Å²) in [7, 11) is -3.67. The van der Waals surface area contributed by atoms with E-state index in [4.69, 9.17) is 6.42 Å². The normalized spacial score (nSPS) is 24.7. The number of alkyl halides is 2. The third-order valence-electron chi connectivity index (χ3n) is 2.88. The van der Waals surface area contributed by atoms with Crippen molar-refractivity contribution >= 4 is 10.1 Å². The first-order valence-corrected chi connectivity index (χ1v) is 7.44. The first-order valence-electron chi connectivity index (χ1n) is 5.62. The summed E-state index contributed by atoms with van der Waals surface area (Å²) in [6, 6.07) is 0. The summed E-state index contributed by atoms with van der Waals surface area (Å²) in [5.41, 5.74) is 0. The summed E-state index contributed by atoms with van der Waals surface area (Å²) in [6.07, 6.45) is 6.57. The molecule has 7 heteroatoms. The predicted octanol–water partition coefficient (Wildman–Crippen LogP) is 0.943. The highest BCUT2D eigenvalue weighted by Crippen LogP contribution is 2.33. The quantitative estimate of drug-likeness (QED) is 0.556.